The van der Waals surface area contributed by atoms with Gasteiger partial charge in [0.2, 0.25) is 5.91 Å². The third kappa shape index (κ3) is 2.00. The van der Waals surface area contributed by atoms with E-state index in [1.807, 2.05) is 0 Å². The number of aromatic hydroxyl groups is 1. The molecule has 1 aromatic carbocycles. The number of carbonyl (C=O) groups excluding carboxylic acids is 1. The van der Waals surface area contributed by atoms with Gasteiger partial charge >= 0.3 is 0 Å². The maximum Gasteiger partial charge on any atom is 0.231 e. The van der Waals surface area contributed by atoms with E-state index in [0.29, 0.717) is 0 Å². The average molecular weight is 255 g/mol. The van der Waals surface area contributed by atoms with Crippen molar-refractivity contribution in [2.45, 2.75) is 18.7 Å². The van der Waals surface area contributed by atoms with Crippen LogP contribution in [0.15, 0.2) is 23.1 Å². The zero-order valence-corrected chi connectivity index (χ0v) is 10.3. The van der Waals surface area contributed by atoms with Gasteiger partial charge in [-0.3, -0.25) is 4.79 Å². The van der Waals surface area contributed by atoms with Crippen molar-refractivity contribution in [1.82, 2.24) is 0 Å². The summed E-state index contributed by atoms with van der Waals surface area (Å²) in [5, 5.41) is 11.9. The van der Waals surface area contributed by atoms with Crippen molar-refractivity contribution in [2.75, 3.05) is 11.1 Å². The molecule has 0 saturated carbocycles. The lowest BCUT2D eigenvalue weighted by Crippen LogP contribution is -2.34. The first-order valence-corrected chi connectivity index (χ1v) is 6.75. The standard InChI is InChI=1S/C11H13NO4S/c1-11(2)6-17(15,16)9-5-7(13)3-4-8(9)12-10(11)14/h3-5,13H,6H2,1-2H3,(H,12,14). The molecule has 2 rings (SSSR count). The van der Waals surface area contributed by atoms with E-state index < -0.39 is 15.3 Å². The first-order valence-electron chi connectivity index (χ1n) is 5.10. The molecule has 1 aromatic rings. The van der Waals surface area contributed by atoms with Crippen LogP contribution in [0, 0.1) is 5.41 Å². The van der Waals surface area contributed by atoms with Crippen LogP contribution < -0.4 is 5.32 Å². The second-order valence-electron chi connectivity index (χ2n) is 4.78. The van der Waals surface area contributed by atoms with Gasteiger partial charge < -0.3 is 10.4 Å². The van der Waals surface area contributed by atoms with Crippen molar-refractivity contribution >= 4 is 21.4 Å². The first kappa shape index (κ1) is 11.9. The van der Waals surface area contributed by atoms with E-state index in [0.717, 1.165) is 6.07 Å². The van der Waals surface area contributed by atoms with Crippen LogP contribution in [0.2, 0.25) is 0 Å². The van der Waals surface area contributed by atoms with E-state index in [9.17, 15) is 18.3 Å². The number of carbonyl (C=O) groups is 1. The molecule has 92 valence electrons. The quantitative estimate of drug-likeness (QED) is 0.681. The number of hydrogen-bond acceptors (Lipinski definition) is 4. The number of hydrogen-bond donors (Lipinski definition) is 2. The van der Waals surface area contributed by atoms with E-state index in [-0.39, 0.29) is 28.0 Å². The predicted octanol–water partition coefficient (Wildman–Crippen LogP) is 1.14. The number of phenolic OH excluding ortho intramolecular Hbond substituents is 1. The Balaban J connectivity index is 2.68. The number of benzene rings is 1. The van der Waals surface area contributed by atoms with Gasteiger partial charge in [0.25, 0.3) is 0 Å². The van der Waals surface area contributed by atoms with Crippen LogP contribution in [0.3, 0.4) is 0 Å². The largest absolute Gasteiger partial charge is 0.508 e. The Morgan fingerprint density at radius 1 is 1.35 bits per heavy atom. The summed E-state index contributed by atoms with van der Waals surface area (Å²) in [6, 6.07) is 3.89. The topological polar surface area (TPSA) is 83.5 Å². The van der Waals surface area contributed by atoms with E-state index >= 15 is 0 Å². The fraction of sp³-hybridized carbons (Fsp3) is 0.364. The number of fused-ring (bicyclic) bond motifs is 1. The summed E-state index contributed by atoms with van der Waals surface area (Å²) in [5.74, 6) is -0.755. The highest BCUT2D eigenvalue weighted by Gasteiger charge is 2.38. The smallest absolute Gasteiger partial charge is 0.231 e. The van der Waals surface area contributed by atoms with Crippen LogP contribution >= 0.6 is 0 Å². The predicted molar refractivity (Wildman–Crippen MR) is 62.6 cm³/mol. The maximum atomic E-state index is 12.1. The van der Waals surface area contributed by atoms with Gasteiger partial charge in [-0.05, 0) is 12.1 Å². The van der Waals surface area contributed by atoms with E-state index in [2.05, 4.69) is 5.32 Å². The molecule has 2 N–H and O–H groups in total. The SMILES string of the molecule is CC1(C)CS(=O)(=O)c2cc(O)ccc2NC1=O. The molecule has 0 unspecified atom stereocenters. The van der Waals surface area contributed by atoms with Crippen molar-refractivity contribution < 1.29 is 18.3 Å². The lowest BCUT2D eigenvalue weighted by molar-refractivity contribution is -0.122. The Labute approximate surface area is 99.4 Å². The Kier molecular flexibility index (Phi) is 2.43. The molecule has 0 aromatic heterocycles. The van der Waals surface area contributed by atoms with Gasteiger partial charge in [0.15, 0.2) is 9.84 Å². The second kappa shape index (κ2) is 3.46. The van der Waals surface area contributed by atoms with Crippen LogP contribution in [0.25, 0.3) is 0 Å². The van der Waals surface area contributed by atoms with Crippen molar-refractivity contribution in [1.29, 1.82) is 0 Å². The van der Waals surface area contributed by atoms with Gasteiger partial charge in [-0.25, -0.2) is 8.42 Å². The van der Waals surface area contributed by atoms with Gasteiger partial charge in [-0.1, -0.05) is 13.8 Å². The molecule has 0 radical (unpaired) electrons. The lowest BCUT2D eigenvalue weighted by Gasteiger charge is -2.18. The third-order valence-electron chi connectivity index (χ3n) is 2.71. The third-order valence-corrected chi connectivity index (χ3v) is 4.82. The molecular weight excluding hydrogens is 242 g/mol. The highest BCUT2D eigenvalue weighted by Crippen LogP contribution is 2.34. The van der Waals surface area contributed by atoms with Gasteiger partial charge in [-0.2, -0.15) is 0 Å². The normalized spacial score (nSPS) is 21.2. The van der Waals surface area contributed by atoms with Crippen LogP contribution in [-0.4, -0.2) is 25.2 Å². The molecule has 1 aliphatic rings. The van der Waals surface area contributed by atoms with E-state index in [1.54, 1.807) is 13.8 Å². The molecule has 17 heavy (non-hydrogen) atoms. The highest BCUT2D eigenvalue weighted by atomic mass is 32.2. The number of nitrogens with one attached hydrogen (secondary N) is 1. The minimum Gasteiger partial charge on any atom is -0.508 e. The van der Waals surface area contributed by atoms with Gasteiger partial charge in [0.05, 0.1) is 21.8 Å². The van der Waals surface area contributed by atoms with Crippen molar-refractivity contribution in [2.24, 2.45) is 5.41 Å². The molecule has 0 spiro atoms. The van der Waals surface area contributed by atoms with Gasteiger partial charge in [-0.15, -0.1) is 0 Å². The Morgan fingerprint density at radius 3 is 2.65 bits per heavy atom. The summed E-state index contributed by atoms with van der Waals surface area (Å²) in [5.41, 5.74) is -0.772. The highest BCUT2D eigenvalue weighted by molar-refractivity contribution is 7.91. The van der Waals surface area contributed by atoms with Crippen LogP contribution in [-0.2, 0) is 14.6 Å². The average Bonchev–Trinajstić information content (AvgIpc) is 2.23. The van der Waals surface area contributed by atoms with Gasteiger partial charge in [0, 0.05) is 6.07 Å². The minimum atomic E-state index is -3.58. The molecule has 6 heteroatoms. The van der Waals surface area contributed by atoms with Crippen LogP contribution in [0.1, 0.15) is 13.8 Å². The first-order chi connectivity index (χ1) is 7.72. The summed E-state index contributed by atoms with van der Waals surface area (Å²) in [6.07, 6.45) is 0. The molecule has 0 atom stereocenters. The fourth-order valence-electron chi connectivity index (χ4n) is 1.78. The number of amides is 1. The molecular formula is C11H13NO4S. The Bertz CT molecular complexity index is 589. The summed E-state index contributed by atoms with van der Waals surface area (Å²) < 4.78 is 24.2. The molecule has 1 aliphatic heterocycles. The summed E-state index contributed by atoms with van der Waals surface area (Å²) in [6.45, 7) is 3.15. The van der Waals surface area contributed by atoms with E-state index in [4.69, 9.17) is 0 Å². The van der Waals surface area contributed by atoms with Crippen molar-refractivity contribution in [3.8, 4) is 5.75 Å². The van der Waals surface area contributed by atoms with Crippen molar-refractivity contribution in [3.05, 3.63) is 18.2 Å². The zero-order chi connectivity index (χ0) is 12.8. The van der Waals surface area contributed by atoms with Crippen molar-refractivity contribution in [3.63, 3.8) is 0 Å². The monoisotopic (exact) mass is 255 g/mol. The second-order valence-corrected chi connectivity index (χ2v) is 6.74. The molecule has 0 fully saturated rings. The molecule has 1 heterocycles. The number of phenols is 1. The minimum absolute atomic E-state index is 0.0311. The summed E-state index contributed by atoms with van der Waals surface area (Å²) in [7, 11) is -3.58. The molecule has 0 aliphatic carbocycles. The maximum absolute atomic E-state index is 12.1. The summed E-state index contributed by atoms with van der Waals surface area (Å²) >= 11 is 0. The van der Waals surface area contributed by atoms with Gasteiger partial charge in [0.1, 0.15) is 5.75 Å². The molecule has 0 bridgehead atoms. The number of sulfone groups is 1. The lowest BCUT2D eigenvalue weighted by atomic mass is 9.95. The fourth-order valence-corrected chi connectivity index (χ4v) is 3.77. The number of rotatable bonds is 0. The van der Waals surface area contributed by atoms with E-state index in [1.165, 1.54) is 12.1 Å². The zero-order valence-electron chi connectivity index (χ0n) is 9.52. The Morgan fingerprint density at radius 2 is 2.00 bits per heavy atom. The molecule has 0 saturated heterocycles. The van der Waals surface area contributed by atoms with Crippen LogP contribution in [0.5, 0.6) is 5.75 Å². The Hall–Kier alpha value is -1.56. The summed E-state index contributed by atoms with van der Waals surface area (Å²) in [4.78, 5) is 11.8. The van der Waals surface area contributed by atoms with Crippen LogP contribution in [0.4, 0.5) is 5.69 Å². The molecule has 1 amide bonds. The number of anilines is 1. The molecule has 5 nitrogen and oxygen atoms in total.